The summed E-state index contributed by atoms with van der Waals surface area (Å²) in [5.74, 6) is -1.67. The van der Waals surface area contributed by atoms with Crippen molar-refractivity contribution >= 4 is 23.1 Å². The van der Waals surface area contributed by atoms with Gasteiger partial charge >= 0.3 is 17.8 Å². The zero-order valence-electron chi connectivity index (χ0n) is 18.4. The van der Waals surface area contributed by atoms with Crippen LogP contribution < -0.4 is 16.3 Å². The van der Waals surface area contributed by atoms with Crippen molar-refractivity contribution in [2.45, 2.75) is 19.1 Å². The van der Waals surface area contributed by atoms with Gasteiger partial charge in [0, 0.05) is 49.3 Å². The highest BCUT2D eigenvalue weighted by atomic mass is 32.1. The summed E-state index contributed by atoms with van der Waals surface area (Å²) in [7, 11) is 3.84. The Kier molecular flexibility index (Phi) is 9.25. The number of aromatic amines is 1. The molecule has 0 bridgehead atoms. The number of carboxylic acids is 1. The van der Waals surface area contributed by atoms with Crippen LogP contribution in [0, 0.1) is 0 Å². The van der Waals surface area contributed by atoms with Gasteiger partial charge in [-0.15, -0.1) is 11.3 Å². The molecule has 0 aromatic carbocycles. The van der Waals surface area contributed by atoms with Crippen LogP contribution in [-0.4, -0.2) is 57.6 Å². The number of alkyl halides is 3. The number of nitrogens with zero attached hydrogens (tertiary/aromatic N) is 4. The lowest BCUT2D eigenvalue weighted by atomic mass is 10.1. The Hall–Kier alpha value is -3.59. The van der Waals surface area contributed by atoms with E-state index in [0.717, 1.165) is 21.8 Å². The smallest absolute Gasteiger partial charge is 0.475 e. The SMILES string of the molecule is CN(C)c1ccc(-c2csc(Cn3c(CC(CN)=C(F)F)n[nH]c3=O)c2)cn1.O=C(O)C(F)(F)F. The number of halogens is 5. The van der Waals surface area contributed by atoms with Gasteiger partial charge in [-0.1, -0.05) is 0 Å². The first-order chi connectivity index (χ1) is 16.3. The van der Waals surface area contributed by atoms with Crippen LogP contribution in [0.4, 0.5) is 27.8 Å². The Morgan fingerprint density at radius 3 is 2.40 bits per heavy atom. The number of rotatable bonds is 7. The van der Waals surface area contributed by atoms with Gasteiger partial charge in [0.05, 0.1) is 6.54 Å². The lowest BCUT2D eigenvalue weighted by molar-refractivity contribution is -0.192. The summed E-state index contributed by atoms with van der Waals surface area (Å²) < 4.78 is 58.9. The van der Waals surface area contributed by atoms with Crippen molar-refractivity contribution < 1.29 is 31.9 Å². The quantitative estimate of drug-likeness (QED) is 0.408. The number of pyridine rings is 1. The molecule has 0 aliphatic heterocycles. The van der Waals surface area contributed by atoms with Crippen LogP contribution in [0.1, 0.15) is 10.7 Å². The van der Waals surface area contributed by atoms with Gasteiger partial charge in [0.15, 0.2) is 0 Å². The van der Waals surface area contributed by atoms with Gasteiger partial charge < -0.3 is 15.7 Å². The zero-order chi connectivity index (χ0) is 26.3. The van der Waals surface area contributed by atoms with Crippen molar-refractivity contribution in [3.05, 3.63) is 62.6 Å². The van der Waals surface area contributed by atoms with E-state index in [0.29, 0.717) is 0 Å². The highest BCUT2D eigenvalue weighted by molar-refractivity contribution is 7.10. The molecule has 3 aromatic heterocycles. The van der Waals surface area contributed by atoms with Crippen molar-refractivity contribution in [1.29, 1.82) is 0 Å². The number of aromatic nitrogens is 4. The minimum atomic E-state index is -5.08. The maximum atomic E-state index is 12.9. The first-order valence-electron chi connectivity index (χ1n) is 9.71. The fourth-order valence-electron chi connectivity index (χ4n) is 2.65. The van der Waals surface area contributed by atoms with Gasteiger partial charge in [-0.2, -0.15) is 27.1 Å². The van der Waals surface area contributed by atoms with E-state index in [9.17, 15) is 26.7 Å². The second kappa shape index (κ2) is 11.7. The molecule has 0 aliphatic carbocycles. The van der Waals surface area contributed by atoms with E-state index in [1.807, 2.05) is 42.6 Å². The number of anilines is 1. The Morgan fingerprint density at radius 2 is 1.91 bits per heavy atom. The van der Waals surface area contributed by atoms with Crippen molar-refractivity contribution in [1.82, 2.24) is 19.7 Å². The highest BCUT2D eigenvalue weighted by Crippen LogP contribution is 2.27. The number of nitrogens with two attached hydrogens (primary N) is 1. The van der Waals surface area contributed by atoms with Gasteiger partial charge in [-0.3, -0.25) is 4.57 Å². The molecule has 0 unspecified atom stereocenters. The van der Waals surface area contributed by atoms with Crippen LogP contribution >= 0.6 is 11.3 Å². The van der Waals surface area contributed by atoms with Crippen LogP contribution in [-0.2, 0) is 17.8 Å². The average molecular weight is 520 g/mol. The predicted molar refractivity (Wildman–Crippen MR) is 120 cm³/mol. The molecule has 0 saturated carbocycles. The van der Waals surface area contributed by atoms with Crippen molar-refractivity contribution in [2.75, 3.05) is 25.5 Å². The van der Waals surface area contributed by atoms with E-state index < -0.39 is 23.9 Å². The summed E-state index contributed by atoms with van der Waals surface area (Å²) in [6.07, 6.45) is -5.30. The van der Waals surface area contributed by atoms with Crippen molar-refractivity contribution in [3.8, 4) is 11.1 Å². The maximum Gasteiger partial charge on any atom is 0.490 e. The molecule has 0 radical (unpaired) electrons. The second-order valence-electron chi connectivity index (χ2n) is 7.18. The molecule has 4 N–H and O–H groups in total. The highest BCUT2D eigenvalue weighted by Gasteiger charge is 2.38. The molecule has 0 fully saturated rings. The van der Waals surface area contributed by atoms with Crippen LogP contribution in [0.15, 0.2) is 46.2 Å². The summed E-state index contributed by atoms with van der Waals surface area (Å²) in [4.78, 5) is 28.2. The molecular formula is C20H21F5N6O3S. The summed E-state index contributed by atoms with van der Waals surface area (Å²) >= 11 is 1.48. The average Bonchev–Trinajstić information content (AvgIpc) is 3.39. The van der Waals surface area contributed by atoms with E-state index in [4.69, 9.17) is 15.6 Å². The molecule has 3 heterocycles. The first-order valence-corrected chi connectivity index (χ1v) is 10.6. The van der Waals surface area contributed by atoms with Crippen LogP contribution in [0.2, 0.25) is 0 Å². The van der Waals surface area contributed by atoms with Gasteiger partial charge in [-0.05, 0) is 29.1 Å². The molecule has 0 amide bonds. The normalized spacial score (nSPS) is 11.0. The van der Waals surface area contributed by atoms with Crippen molar-refractivity contribution in [3.63, 3.8) is 0 Å². The monoisotopic (exact) mass is 520 g/mol. The number of hydrogen-bond donors (Lipinski definition) is 3. The second-order valence-corrected chi connectivity index (χ2v) is 8.18. The zero-order valence-corrected chi connectivity index (χ0v) is 19.3. The number of H-pyrrole nitrogens is 1. The van der Waals surface area contributed by atoms with E-state index in [1.165, 1.54) is 15.9 Å². The summed E-state index contributed by atoms with van der Waals surface area (Å²) in [6, 6.07) is 5.86. The van der Waals surface area contributed by atoms with E-state index in [-0.39, 0.29) is 30.9 Å². The van der Waals surface area contributed by atoms with E-state index >= 15 is 0 Å². The molecular weight excluding hydrogens is 499 g/mol. The minimum Gasteiger partial charge on any atom is -0.475 e. The van der Waals surface area contributed by atoms with Crippen molar-refractivity contribution in [2.24, 2.45) is 5.73 Å². The summed E-state index contributed by atoms with van der Waals surface area (Å²) in [6.45, 7) is -0.0488. The van der Waals surface area contributed by atoms with Crippen LogP contribution in [0.3, 0.4) is 0 Å². The molecule has 35 heavy (non-hydrogen) atoms. The van der Waals surface area contributed by atoms with Gasteiger partial charge in [0.1, 0.15) is 11.6 Å². The van der Waals surface area contributed by atoms with Gasteiger partial charge in [0.2, 0.25) is 0 Å². The Labute approximate surface area is 199 Å². The lowest BCUT2D eigenvalue weighted by Gasteiger charge is -2.10. The van der Waals surface area contributed by atoms with E-state index in [1.54, 1.807) is 6.20 Å². The number of hydrogen-bond acceptors (Lipinski definition) is 7. The molecule has 190 valence electrons. The standard InChI is InChI=1S/C18H20F2N6OS.C2HF3O2/c1-25(2)15-4-3-11(8-22-15)13-5-14(28-10-13)9-26-16(23-24-18(26)27)6-12(7-21)17(19)20;3-2(4,5)1(6)7/h3-5,8,10H,6-7,9,21H2,1-2H3,(H,24,27);(H,6,7). The molecule has 0 spiro atoms. The topological polar surface area (TPSA) is 130 Å². The molecule has 0 saturated heterocycles. The Bertz CT molecular complexity index is 1230. The molecule has 0 atom stereocenters. The number of aliphatic carboxylic acids is 1. The molecule has 3 aromatic rings. The Morgan fingerprint density at radius 1 is 1.26 bits per heavy atom. The van der Waals surface area contributed by atoms with Crippen LogP contribution in [0.25, 0.3) is 11.1 Å². The lowest BCUT2D eigenvalue weighted by Crippen LogP contribution is -2.21. The third kappa shape index (κ3) is 7.71. The minimum absolute atomic E-state index is 0.175. The third-order valence-electron chi connectivity index (χ3n) is 4.47. The number of nitrogens with one attached hydrogen (secondary N) is 1. The maximum absolute atomic E-state index is 12.9. The van der Waals surface area contributed by atoms with E-state index in [2.05, 4.69) is 15.2 Å². The third-order valence-corrected chi connectivity index (χ3v) is 5.39. The molecule has 0 aliphatic rings. The van der Waals surface area contributed by atoms with Gasteiger partial charge in [0.25, 0.3) is 6.08 Å². The largest absolute Gasteiger partial charge is 0.490 e. The summed E-state index contributed by atoms with van der Waals surface area (Å²) in [5.41, 5.74) is 6.61. The molecule has 15 heteroatoms. The number of carboxylic acid groups (broad SMARTS) is 1. The number of thiophene rings is 1. The number of carbonyl (C=O) groups is 1. The first kappa shape index (κ1) is 27.7. The fraction of sp³-hybridized carbons (Fsp3) is 0.300. The molecule has 9 nitrogen and oxygen atoms in total. The Balaban J connectivity index is 0.000000540. The summed E-state index contributed by atoms with van der Waals surface area (Å²) in [5, 5.41) is 15.3. The van der Waals surface area contributed by atoms with Crippen LogP contribution in [0.5, 0.6) is 0 Å². The predicted octanol–water partition coefficient (Wildman–Crippen LogP) is 3.09. The molecule has 3 rings (SSSR count). The van der Waals surface area contributed by atoms with Gasteiger partial charge in [-0.25, -0.2) is 19.7 Å². The fourth-order valence-corrected chi connectivity index (χ4v) is 3.53.